The van der Waals surface area contributed by atoms with Crippen molar-refractivity contribution in [2.75, 3.05) is 13.2 Å². The molecule has 1 aliphatic rings. The van der Waals surface area contributed by atoms with Crippen LogP contribution in [-0.2, 0) is 29.0 Å². The van der Waals surface area contributed by atoms with Crippen LogP contribution in [0.5, 0.6) is 5.75 Å². The number of aliphatic hydroxyl groups is 1. The fourth-order valence-corrected chi connectivity index (χ4v) is 5.86. The number of nitrogens with one attached hydrogen (secondary N) is 1. The topological polar surface area (TPSA) is 157 Å². The molecule has 1 unspecified atom stereocenters. The fraction of sp³-hybridized carbons (Fsp3) is 0.440. The molecule has 6 atom stereocenters. The van der Waals surface area contributed by atoms with Crippen molar-refractivity contribution in [2.24, 2.45) is 0 Å². The van der Waals surface area contributed by atoms with Crippen molar-refractivity contribution in [3.63, 3.8) is 0 Å². The minimum atomic E-state index is -4.32. The molecule has 208 valence electrons. The summed E-state index contributed by atoms with van der Waals surface area (Å²) in [5.74, 6) is -0.541. The summed E-state index contributed by atoms with van der Waals surface area (Å²) in [5, 5.41) is 27.7. The van der Waals surface area contributed by atoms with E-state index in [1.165, 1.54) is 36.0 Å². The van der Waals surface area contributed by atoms with E-state index in [0.717, 1.165) is 6.92 Å². The molecule has 1 aromatic carbocycles. The molecule has 0 spiro atoms. The molecule has 3 aromatic rings. The number of fused-ring (bicyclic) bond motifs is 1. The number of alkyl halides is 1. The zero-order chi connectivity index (χ0) is 28.4. The van der Waals surface area contributed by atoms with Crippen molar-refractivity contribution in [3.05, 3.63) is 60.2 Å². The average Bonchev–Trinajstić information content (AvgIpc) is 3.42. The van der Waals surface area contributed by atoms with E-state index in [0.29, 0.717) is 11.2 Å². The van der Waals surface area contributed by atoms with Crippen molar-refractivity contribution < 1.29 is 37.4 Å². The second-order valence-electron chi connectivity index (χ2n) is 9.13. The standard InChI is InChI=1S/C25H29FN5O7P/c1-5-35-23(33)17(3)30-39(34,38-18-9-7-6-8-10-18)36-13-20-22(32)24(4,26)25(14-27,37-20)21-12-11-19-16(2)28-15-29-31(19)21/h6-12,15,17,20,22,32H,5,13H2,1-4H3,(H,30,34)/t17-,20+,22+,24+,25-,39?/m0/s1. The molecule has 2 aromatic heterocycles. The maximum atomic E-state index is 16.2. The lowest BCUT2D eigenvalue weighted by atomic mass is 9.82. The number of hydrogen-bond acceptors (Lipinski definition) is 10. The molecule has 12 nitrogen and oxygen atoms in total. The van der Waals surface area contributed by atoms with E-state index in [-0.39, 0.29) is 18.1 Å². The van der Waals surface area contributed by atoms with Crippen molar-refractivity contribution in [1.82, 2.24) is 19.7 Å². The molecule has 39 heavy (non-hydrogen) atoms. The molecule has 4 rings (SSSR count). The number of para-hydroxylation sites is 1. The molecule has 0 bridgehead atoms. The Morgan fingerprint density at radius 1 is 1.36 bits per heavy atom. The first-order valence-electron chi connectivity index (χ1n) is 12.2. The summed E-state index contributed by atoms with van der Waals surface area (Å²) in [6, 6.07) is 11.9. The molecule has 0 radical (unpaired) electrons. The first kappa shape index (κ1) is 28.6. The summed E-state index contributed by atoms with van der Waals surface area (Å²) in [5.41, 5.74) is -3.80. The smallest absolute Gasteiger partial charge is 0.459 e. The highest BCUT2D eigenvalue weighted by Gasteiger charge is 2.67. The highest BCUT2D eigenvalue weighted by atomic mass is 31.2. The third kappa shape index (κ3) is 5.26. The van der Waals surface area contributed by atoms with Gasteiger partial charge in [0, 0.05) is 0 Å². The molecule has 3 heterocycles. The minimum Gasteiger partial charge on any atom is -0.465 e. The van der Waals surface area contributed by atoms with E-state index in [1.54, 1.807) is 38.1 Å². The lowest BCUT2D eigenvalue weighted by molar-refractivity contribution is -0.144. The van der Waals surface area contributed by atoms with Gasteiger partial charge >= 0.3 is 13.7 Å². The van der Waals surface area contributed by atoms with Crippen molar-refractivity contribution in [3.8, 4) is 11.8 Å². The van der Waals surface area contributed by atoms with E-state index in [1.807, 2.05) is 6.07 Å². The SMILES string of the molecule is CCOC(=O)[C@H](C)NP(=O)(OC[C@H]1O[C@@](C#N)(c2ccc3c(C)ncnn23)[C@](C)(F)[C@@H]1O)Oc1ccccc1. The van der Waals surface area contributed by atoms with Gasteiger partial charge in [-0.15, -0.1) is 0 Å². The van der Waals surface area contributed by atoms with Crippen LogP contribution in [0.4, 0.5) is 4.39 Å². The van der Waals surface area contributed by atoms with Crippen LogP contribution in [0.2, 0.25) is 0 Å². The van der Waals surface area contributed by atoms with Crippen LogP contribution in [0, 0.1) is 18.3 Å². The van der Waals surface area contributed by atoms with Crippen LogP contribution < -0.4 is 9.61 Å². The fourth-order valence-electron chi connectivity index (χ4n) is 4.36. The van der Waals surface area contributed by atoms with Gasteiger partial charge in [-0.1, -0.05) is 18.2 Å². The molecule has 2 N–H and O–H groups in total. The van der Waals surface area contributed by atoms with Gasteiger partial charge in [-0.3, -0.25) is 9.32 Å². The van der Waals surface area contributed by atoms with Crippen molar-refractivity contribution >= 4 is 19.2 Å². The van der Waals surface area contributed by atoms with Crippen LogP contribution >= 0.6 is 7.75 Å². The summed E-state index contributed by atoms with van der Waals surface area (Å²) in [7, 11) is -4.32. The first-order chi connectivity index (χ1) is 18.5. The molecule has 0 saturated carbocycles. The molecule has 0 aliphatic carbocycles. The molecule has 1 aliphatic heterocycles. The highest BCUT2D eigenvalue weighted by Crippen LogP contribution is 2.51. The molecule has 14 heteroatoms. The Hall–Kier alpha value is -3.40. The summed E-state index contributed by atoms with van der Waals surface area (Å²) in [4.78, 5) is 16.3. The van der Waals surface area contributed by atoms with Gasteiger partial charge in [0.25, 0.3) is 0 Å². The maximum Gasteiger partial charge on any atom is 0.459 e. The van der Waals surface area contributed by atoms with Crippen molar-refractivity contribution in [1.29, 1.82) is 5.26 Å². The second kappa shape index (κ2) is 11.0. The molecular formula is C25H29FN5O7P. The Bertz CT molecular complexity index is 1430. The molecule has 1 fully saturated rings. The Morgan fingerprint density at radius 3 is 2.74 bits per heavy atom. The second-order valence-corrected chi connectivity index (χ2v) is 10.8. The van der Waals surface area contributed by atoms with Crippen LogP contribution in [0.25, 0.3) is 5.52 Å². The normalized spacial score (nSPS) is 27.0. The maximum absolute atomic E-state index is 16.2. The van der Waals surface area contributed by atoms with Gasteiger partial charge in [0.15, 0.2) is 5.67 Å². The van der Waals surface area contributed by atoms with Crippen LogP contribution in [0.15, 0.2) is 48.8 Å². The Kier molecular flexibility index (Phi) is 8.07. The molecule has 0 amide bonds. The number of aryl methyl sites for hydroxylation is 1. The molecule has 1 saturated heterocycles. The Labute approximate surface area is 224 Å². The van der Waals surface area contributed by atoms with Gasteiger partial charge < -0.3 is 19.1 Å². The van der Waals surface area contributed by atoms with E-state index in [9.17, 15) is 19.7 Å². The Balaban J connectivity index is 1.62. The number of carbonyl (C=O) groups excluding carboxylic acids is 1. The quantitative estimate of drug-likeness (QED) is 0.277. The summed E-state index contributed by atoms with van der Waals surface area (Å²) in [6.07, 6.45) is -2.08. The van der Waals surface area contributed by atoms with Crippen LogP contribution in [0.1, 0.15) is 32.2 Å². The third-order valence-corrected chi connectivity index (χ3v) is 8.10. The number of benzene rings is 1. The van der Waals surface area contributed by atoms with Gasteiger partial charge in [-0.25, -0.2) is 18.5 Å². The first-order valence-corrected chi connectivity index (χ1v) is 13.7. The van der Waals surface area contributed by atoms with Gasteiger partial charge in [0.05, 0.1) is 30.1 Å². The van der Waals surface area contributed by atoms with Gasteiger partial charge in [0.1, 0.15) is 36.4 Å². The largest absolute Gasteiger partial charge is 0.465 e. The average molecular weight is 562 g/mol. The van der Waals surface area contributed by atoms with Gasteiger partial charge in [0.2, 0.25) is 5.60 Å². The summed E-state index contributed by atoms with van der Waals surface area (Å²) >= 11 is 0. The third-order valence-electron chi connectivity index (χ3n) is 6.46. The summed E-state index contributed by atoms with van der Waals surface area (Å²) in [6.45, 7) is 5.23. The number of hydrogen-bond donors (Lipinski definition) is 2. The van der Waals surface area contributed by atoms with Crippen LogP contribution in [0.3, 0.4) is 0 Å². The van der Waals surface area contributed by atoms with Crippen molar-refractivity contribution in [2.45, 2.75) is 57.2 Å². The molecular weight excluding hydrogens is 532 g/mol. The van der Waals surface area contributed by atoms with E-state index in [4.69, 9.17) is 18.5 Å². The van der Waals surface area contributed by atoms with Crippen LogP contribution in [-0.4, -0.2) is 62.8 Å². The number of nitriles is 1. The number of rotatable bonds is 10. The lowest BCUT2D eigenvalue weighted by Crippen LogP contribution is -2.48. The van der Waals surface area contributed by atoms with E-state index < -0.39 is 49.8 Å². The number of halogens is 1. The van der Waals surface area contributed by atoms with E-state index >= 15 is 4.39 Å². The summed E-state index contributed by atoms with van der Waals surface area (Å²) < 4.78 is 53.2. The number of aliphatic hydroxyl groups excluding tert-OH is 1. The monoisotopic (exact) mass is 561 g/mol. The van der Waals surface area contributed by atoms with E-state index in [2.05, 4.69) is 15.2 Å². The minimum absolute atomic E-state index is 0.0369. The number of aromatic nitrogens is 3. The predicted octanol–water partition coefficient (Wildman–Crippen LogP) is 2.99. The van der Waals surface area contributed by atoms with Gasteiger partial charge in [-0.2, -0.15) is 15.4 Å². The number of ether oxygens (including phenoxy) is 2. The zero-order valence-corrected chi connectivity index (χ0v) is 22.7. The number of nitrogens with zero attached hydrogens (tertiary/aromatic N) is 4. The highest BCUT2D eigenvalue weighted by molar-refractivity contribution is 7.52. The number of carbonyl (C=O) groups is 1. The lowest BCUT2D eigenvalue weighted by Gasteiger charge is -2.30. The predicted molar refractivity (Wildman–Crippen MR) is 135 cm³/mol. The number of esters is 1. The Morgan fingerprint density at radius 2 is 2.08 bits per heavy atom. The van der Waals surface area contributed by atoms with Gasteiger partial charge in [-0.05, 0) is 52.0 Å². The zero-order valence-electron chi connectivity index (χ0n) is 21.8.